The van der Waals surface area contributed by atoms with Crippen LogP contribution in [0.3, 0.4) is 0 Å². The van der Waals surface area contributed by atoms with Crippen LogP contribution in [-0.4, -0.2) is 62.8 Å². The lowest BCUT2D eigenvalue weighted by atomic mass is 9.81. The Hall–Kier alpha value is -2.48. The van der Waals surface area contributed by atoms with Gasteiger partial charge in [-0.25, -0.2) is 0 Å². The molecule has 1 heterocycles. The average molecular weight is 392 g/mol. The van der Waals surface area contributed by atoms with Crippen molar-refractivity contribution in [2.24, 2.45) is 11.3 Å². The maximum absolute atomic E-state index is 12.4. The van der Waals surface area contributed by atoms with E-state index < -0.39 is 11.4 Å². The lowest BCUT2D eigenvalue weighted by Gasteiger charge is -2.23. The minimum Gasteiger partial charge on any atom is -0.493 e. The summed E-state index contributed by atoms with van der Waals surface area (Å²) in [6, 6.07) is 3.59. The Bertz CT molecular complexity index is 727. The third-order valence-electron chi connectivity index (χ3n) is 5.95. The van der Waals surface area contributed by atoms with Crippen LogP contribution >= 0.6 is 0 Å². The van der Waals surface area contributed by atoms with Crippen LogP contribution in [0.25, 0.3) is 0 Å². The van der Waals surface area contributed by atoms with Gasteiger partial charge >= 0.3 is 5.97 Å². The van der Waals surface area contributed by atoms with E-state index in [0.29, 0.717) is 43.3 Å². The SMILES string of the molecule is COc1cc(CNC(=O)CN2C[C@@H]3CCC[C@@]3(C(=O)O)C2)cc(OC)c1OC. The van der Waals surface area contributed by atoms with Gasteiger partial charge in [-0.15, -0.1) is 0 Å². The molecule has 0 bridgehead atoms. The monoisotopic (exact) mass is 392 g/mol. The summed E-state index contributed by atoms with van der Waals surface area (Å²) < 4.78 is 16.0. The Labute approximate surface area is 164 Å². The number of likely N-dealkylation sites (tertiary alicyclic amines) is 1. The molecule has 154 valence electrons. The Balaban J connectivity index is 1.59. The third-order valence-corrected chi connectivity index (χ3v) is 5.95. The summed E-state index contributed by atoms with van der Waals surface area (Å²) in [6.45, 7) is 1.64. The summed E-state index contributed by atoms with van der Waals surface area (Å²) in [5.41, 5.74) is 0.153. The van der Waals surface area contributed by atoms with Gasteiger partial charge in [0.05, 0.1) is 33.3 Å². The smallest absolute Gasteiger partial charge is 0.311 e. The lowest BCUT2D eigenvalue weighted by Crippen LogP contribution is -2.39. The minimum absolute atomic E-state index is 0.130. The third kappa shape index (κ3) is 3.73. The normalized spacial score (nSPS) is 23.9. The van der Waals surface area contributed by atoms with Crippen molar-refractivity contribution in [1.82, 2.24) is 10.2 Å². The molecule has 1 aliphatic heterocycles. The molecule has 8 heteroatoms. The number of carboxylic acids is 1. The number of nitrogens with zero attached hydrogens (tertiary/aromatic N) is 1. The number of hydrogen-bond acceptors (Lipinski definition) is 6. The van der Waals surface area contributed by atoms with E-state index in [-0.39, 0.29) is 18.4 Å². The van der Waals surface area contributed by atoms with Gasteiger partial charge in [0.25, 0.3) is 0 Å². The molecule has 28 heavy (non-hydrogen) atoms. The number of carbonyl (C=O) groups is 2. The fourth-order valence-corrected chi connectivity index (χ4v) is 4.56. The molecule has 3 rings (SSSR count). The van der Waals surface area contributed by atoms with Gasteiger partial charge in [0, 0.05) is 19.6 Å². The number of fused-ring (bicyclic) bond motifs is 1. The van der Waals surface area contributed by atoms with Gasteiger partial charge in [-0.05, 0) is 36.5 Å². The molecular formula is C20H28N2O6. The Morgan fingerprint density at radius 3 is 2.43 bits per heavy atom. The molecule has 8 nitrogen and oxygen atoms in total. The van der Waals surface area contributed by atoms with Gasteiger partial charge in [-0.2, -0.15) is 0 Å². The summed E-state index contributed by atoms with van der Waals surface area (Å²) >= 11 is 0. The van der Waals surface area contributed by atoms with Crippen LogP contribution in [0.5, 0.6) is 17.2 Å². The van der Waals surface area contributed by atoms with E-state index in [9.17, 15) is 14.7 Å². The molecule has 0 aromatic heterocycles. The zero-order chi connectivity index (χ0) is 20.3. The van der Waals surface area contributed by atoms with Crippen molar-refractivity contribution in [2.45, 2.75) is 25.8 Å². The first-order chi connectivity index (χ1) is 13.4. The highest BCUT2D eigenvalue weighted by Gasteiger charge is 2.54. The molecule has 1 amide bonds. The molecule has 2 aliphatic rings. The minimum atomic E-state index is -0.727. The van der Waals surface area contributed by atoms with Crippen molar-refractivity contribution >= 4 is 11.9 Å². The van der Waals surface area contributed by atoms with E-state index in [0.717, 1.165) is 18.4 Å². The molecule has 1 aliphatic carbocycles. The highest BCUT2D eigenvalue weighted by molar-refractivity contribution is 5.79. The van der Waals surface area contributed by atoms with E-state index in [1.54, 1.807) is 26.4 Å². The van der Waals surface area contributed by atoms with Gasteiger partial charge in [0.1, 0.15) is 0 Å². The number of hydrogen-bond donors (Lipinski definition) is 2. The van der Waals surface area contributed by atoms with Crippen molar-refractivity contribution in [3.8, 4) is 17.2 Å². The Kier molecular flexibility index (Phi) is 5.98. The van der Waals surface area contributed by atoms with Gasteiger partial charge in [-0.1, -0.05) is 6.42 Å². The highest BCUT2D eigenvalue weighted by atomic mass is 16.5. The van der Waals surface area contributed by atoms with Crippen LogP contribution in [-0.2, 0) is 16.1 Å². The van der Waals surface area contributed by atoms with Crippen molar-refractivity contribution < 1.29 is 28.9 Å². The number of nitrogens with one attached hydrogen (secondary N) is 1. The molecule has 1 saturated carbocycles. The second-order valence-electron chi connectivity index (χ2n) is 7.53. The topological polar surface area (TPSA) is 97.3 Å². The summed E-state index contributed by atoms with van der Waals surface area (Å²) in [7, 11) is 4.63. The van der Waals surface area contributed by atoms with Crippen molar-refractivity contribution in [3.05, 3.63) is 17.7 Å². The zero-order valence-electron chi connectivity index (χ0n) is 16.6. The van der Waals surface area contributed by atoms with E-state index in [1.807, 2.05) is 4.90 Å². The fourth-order valence-electron chi connectivity index (χ4n) is 4.56. The van der Waals surface area contributed by atoms with Gasteiger partial charge in [0.15, 0.2) is 11.5 Å². The molecule has 2 N–H and O–H groups in total. The number of benzene rings is 1. The summed E-state index contributed by atoms with van der Waals surface area (Å²) in [6.07, 6.45) is 2.59. The van der Waals surface area contributed by atoms with Crippen molar-refractivity contribution in [3.63, 3.8) is 0 Å². The van der Waals surface area contributed by atoms with E-state index in [2.05, 4.69) is 5.32 Å². The van der Waals surface area contributed by atoms with Gasteiger partial charge in [-0.3, -0.25) is 14.5 Å². The number of rotatable bonds is 8. The van der Waals surface area contributed by atoms with Gasteiger partial charge < -0.3 is 24.6 Å². The van der Waals surface area contributed by atoms with Crippen molar-refractivity contribution in [1.29, 1.82) is 0 Å². The van der Waals surface area contributed by atoms with Crippen LogP contribution in [0.1, 0.15) is 24.8 Å². The van der Waals surface area contributed by atoms with Crippen LogP contribution in [0.15, 0.2) is 12.1 Å². The van der Waals surface area contributed by atoms with Crippen LogP contribution in [0.4, 0.5) is 0 Å². The molecular weight excluding hydrogens is 364 g/mol. The summed E-state index contributed by atoms with van der Waals surface area (Å²) in [4.78, 5) is 26.1. The maximum Gasteiger partial charge on any atom is 0.311 e. The number of amides is 1. The van der Waals surface area contributed by atoms with Crippen LogP contribution in [0, 0.1) is 11.3 Å². The van der Waals surface area contributed by atoms with Gasteiger partial charge in [0.2, 0.25) is 11.7 Å². The first kappa shape index (κ1) is 20.3. The first-order valence-electron chi connectivity index (χ1n) is 9.45. The molecule has 0 spiro atoms. The second kappa shape index (κ2) is 8.26. The van der Waals surface area contributed by atoms with Crippen molar-refractivity contribution in [2.75, 3.05) is 41.0 Å². The molecule has 0 radical (unpaired) electrons. The Morgan fingerprint density at radius 1 is 1.21 bits per heavy atom. The molecule has 0 unspecified atom stereocenters. The highest BCUT2D eigenvalue weighted by Crippen LogP contribution is 2.48. The summed E-state index contributed by atoms with van der Waals surface area (Å²) in [5.74, 6) is 0.851. The lowest BCUT2D eigenvalue weighted by molar-refractivity contribution is -0.149. The molecule has 1 saturated heterocycles. The van der Waals surface area contributed by atoms with E-state index in [1.165, 1.54) is 7.11 Å². The van der Waals surface area contributed by atoms with E-state index in [4.69, 9.17) is 14.2 Å². The first-order valence-corrected chi connectivity index (χ1v) is 9.45. The van der Waals surface area contributed by atoms with Crippen LogP contribution in [0.2, 0.25) is 0 Å². The fraction of sp³-hybridized carbons (Fsp3) is 0.600. The standard InChI is InChI=1S/C20H28N2O6/c1-26-15-7-13(8-16(27-2)18(15)28-3)9-21-17(23)11-22-10-14-5-4-6-20(14,12-22)19(24)25/h7-8,14H,4-6,9-12H2,1-3H3,(H,21,23)(H,24,25)/t14-,20+/m0/s1. The average Bonchev–Trinajstić information content (AvgIpc) is 3.23. The second-order valence-corrected chi connectivity index (χ2v) is 7.53. The maximum atomic E-state index is 12.4. The molecule has 2 atom stereocenters. The number of carbonyl (C=O) groups excluding carboxylic acids is 1. The number of ether oxygens (including phenoxy) is 3. The quantitative estimate of drug-likeness (QED) is 0.692. The molecule has 1 aromatic carbocycles. The van der Waals surface area contributed by atoms with E-state index >= 15 is 0 Å². The number of methoxy groups -OCH3 is 3. The van der Waals surface area contributed by atoms with Crippen LogP contribution < -0.4 is 19.5 Å². The number of aliphatic carboxylic acids is 1. The largest absolute Gasteiger partial charge is 0.493 e. The molecule has 2 fully saturated rings. The number of carboxylic acid groups (broad SMARTS) is 1. The Morgan fingerprint density at radius 2 is 1.89 bits per heavy atom. The predicted molar refractivity (Wildman–Crippen MR) is 102 cm³/mol. The summed E-state index contributed by atoms with van der Waals surface area (Å²) in [5, 5.41) is 12.6. The molecule has 1 aromatic rings. The zero-order valence-corrected chi connectivity index (χ0v) is 16.6. The predicted octanol–water partition coefficient (Wildman–Crippen LogP) is 1.52.